The second-order valence-corrected chi connectivity index (χ2v) is 10.5. The molecule has 4 rings (SSSR count). The van der Waals surface area contributed by atoms with E-state index in [9.17, 15) is 9.59 Å². The molecule has 218 valence electrons. The van der Waals surface area contributed by atoms with Gasteiger partial charge in [-0.2, -0.15) is 0 Å². The van der Waals surface area contributed by atoms with Gasteiger partial charge in [0, 0.05) is 27.2 Å². The Labute approximate surface area is 249 Å². The fraction of sp³-hybridized carbons (Fsp3) is 0.278. The number of benzene rings is 4. The van der Waals surface area contributed by atoms with Gasteiger partial charge in [-0.05, 0) is 70.5 Å². The lowest BCUT2D eigenvalue weighted by Crippen LogP contribution is -2.30. The van der Waals surface area contributed by atoms with Crippen molar-refractivity contribution < 1.29 is 19.1 Å². The molecule has 2 amide bonds. The molecule has 0 spiro atoms. The Balaban J connectivity index is 1.56. The van der Waals surface area contributed by atoms with Crippen LogP contribution in [0, 0.1) is 0 Å². The molecule has 6 heteroatoms. The van der Waals surface area contributed by atoms with Gasteiger partial charge in [0.25, 0.3) is 0 Å². The maximum atomic E-state index is 13.3. The molecule has 0 heterocycles. The molecule has 0 N–H and O–H groups in total. The van der Waals surface area contributed by atoms with E-state index in [1.165, 1.54) is 11.1 Å². The molecular weight excluding hydrogens is 524 g/mol. The van der Waals surface area contributed by atoms with E-state index >= 15 is 0 Å². The lowest BCUT2D eigenvalue weighted by atomic mass is 9.91. The summed E-state index contributed by atoms with van der Waals surface area (Å²) < 4.78 is 11.1. The Bertz CT molecular complexity index is 1360. The second-order valence-electron chi connectivity index (χ2n) is 10.5. The van der Waals surface area contributed by atoms with Crippen molar-refractivity contribution >= 4 is 11.8 Å². The molecule has 6 nitrogen and oxygen atoms in total. The number of carbonyl (C=O) groups is 2. The number of nitrogens with zero attached hydrogens (tertiary/aromatic N) is 2. The predicted octanol–water partition coefficient (Wildman–Crippen LogP) is 5.86. The van der Waals surface area contributed by atoms with Crippen molar-refractivity contribution in [3.63, 3.8) is 0 Å². The van der Waals surface area contributed by atoms with Crippen molar-refractivity contribution in [1.82, 2.24) is 9.80 Å². The van der Waals surface area contributed by atoms with E-state index < -0.39 is 0 Å². The summed E-state index contributed by atoms with van der Waals surface area (Å²) in [7, 11) is 6.93. The van der Waals surface area contributed by atoms with Gasteiger partial charge in [-0.1, -0.05) is 72.8 Å². The first kappa shape index (κ1) is 30.4. The normalized spacial score (nSPS) is 10.7. The molecular formula is C36H40N2O4. The number of likely N-dealkylation sites (N-methyl/N-ethyl adjacent to an activating group) is 2. The van der Waals surface area contributed by atoms with Crippen molar-refractivity contribution in [3.8, 4) is 22.6 Å². The zero-order chi connectivity index (χ0) is 29.9. The summed E-state index contributed by atoms with van der Waals surface area (Å²) in [5.41, 5.74) is 5.84. The van der Waals surface area contributed by atoms with E-state index in [0.717, 1.165) is 35.1 Å². The van der Waals surface area contributed by atoms with Crippen LogP contribution in [0.3, 0.4) is 0 Å². The van der Waals surface area contributed by atoms with Crippen LogP contribution in [0.5, 0.6) is 11.5 Å². The average Bonchev–Trinajstić information content (AvgIpc) is 3.03. The van der Waals surface area contributed by atoms with Crippen LogP contribution in [0.2, 0.25) is 0 Å². The Morgan fingerprint density at radius 2 is 0.952 bits per heavy atom. The molecule has 0 unspecified atom stereocenters. The van der Waals surface area contributed by atoms with Gasteiger partial charge >= 0.3 is 0 Å². The number of methoxy groups -OCH3 is 2. The molecule has 0 fully saturated rings. The lowest BCUT2D eigenvalue weighted by molar-refractivity contribution is -0.129. The van der Waals surface area contributed by atoms with Crippen molar-refractivity contribution in [3.05, 3.63) is 119 Å². The van der Waals surface area contributed by atoms with E-state index in [0.29, 0.717) is 24.6 Å². The minimum Gasteiger partial charge on any atom is -0.497 e. The summed E-state index contributed by atoms with van der Waals surface area (Å²) in [6.07, 6.45) is 2.04. The molecule has 0 radical (unpaired) electrons. The highest BCUT2D eigenvalue weighted by molar-refractivity contribution is 5.86. The molecule has 0 aliphatic rings. The molecule has 42 heavy (non-hydrogen) atoms. The highest BCUT2D eigenvalue weighted by Gasteiger charge is 2.19. The zero-order valence-electron chi connectivity index (χ0n) is 25.0. The van der Waals surface area contributed by atoms with E-state index in [1.807, 2.05) is 86.9 Å². The molecule has 0 saturated carbocycles. The van der Waals surface area contributed by atoms with Gasteiger partial charge in [-0.15, -0.1) is 0 Å². The maximum Gasteiger partial charge on any atom is 0.226 e. The molecule has 0 aliphatic carbocycles. The van der Waals surface area contributed by atoms with Crippen LogP contribution in [0.4, 0.5) is 0 Å². The Kier molecular flexibility index (Phi) is 10.8. The van der Waals surface area contributed by atoms with Gasteiger partial charge < -0.3 is 19.3 Å². The quantitative estimate of drug-likeness (QED) is 0.204. The van der Waals surface area contributed by atoms with Gasteiger partial charge in [0.1, 0.15) is 11.5 Å². The zero-order valence-corrected chi connectivity index (χ0v) is 25.0. The highest BCUT2D eigenvalue weighted by atomic mass is 16.5. The molecule has 0 aromatic heterocycles. The van der Waals surface area contributed by atoms with E-state index in [1.54, 1.807) is 24.0 Å². The molecule has 0 bridgehead atoms. The van der Waals surface area contributed by atoms with Gasteiger partial charge in [0.2, 0.25) is 11.8 Å². The number of carbonyl (C=O) groups excluding carboxylic acids is 2. The molecule has 0 atom stereocenters. The fourth-order valence-electron chi connectivity index (χ4n) is 4.90. The third-order valence-electron chi connectivity index (χ3n) is 7.62. The van der Waals surface area contributed by atoms with Crippen LogP contribution in [-0.4, -0.2) is 63.0 Å². The second kappa shape index (κ2) is 14.9. The number of ether oxygens (including phenoxy) is 2. The van der Waals surface area contributed by atoms with Crippen molar-refractivity contribution in [2.45, 2.75) is 25.7 Å². The van der Waals surface area contributed by atoms with E-state index in [-0.39, 0.29) is 24.7 Å². The van der Waals surface area contributed by atoms with E-state index in [4.69, 9.17) is 9.47 Å². The first-order chi connectivity index (χ1) is 20.4. The summed E-state index contributed by atoms with van der Waals surface area (Å²) in [5.74, 6) is 1.41. The van der Waals surface area contributed by atoms with Gasteiger partial charge in [-0.25, -0.2) is 0 Å². The third kappa shape index (κ3) is 8.23. The Hall–Kier alpha value is -4.58. The van der Waals surface area contributed by atoms with Gasteiger partial charge in [0.15, 0.2) is 0 Å². The first-order valence-corrected chi connectivity index (χ1v) is 14.3. The summed E-state index contributed by atoms with van der Waals surface area (Å²) in [6, 6.07) is 31.8. The van der Waals surface area contributed by atoms with Gasteiger partial charge in [0.05, 0.1) is 27.1 Å². The smallest absolute Gasteiger partial charge is 0.226 e. The maximum absolute atomic E-state index is 13.3. The monoisotopic (exact) mass is 564 g/mol. The van der Waals surface area contributed by atoms with Crippen LogP contribution in [-0.2, 0) is 35.3 Å². The van der Waals surface area contributed by atoms with Crippen LogP contribution in [0.15, 0.2) is 97.1 Å². The summed E-state index contributed by atoms with van der Waals surface area (Å²) in [5, 5.41) is 0. The van der Waals surface area contributed by atoms with E-state index in [2.05, 4.69) is 24.3 Å². The average molecular weight is 565 g/mol. The largest absolute Gasteiger partial charge is 0.497 e. The van der Waals surface area contributed by atoms with Gasteiger partial charge in [-0.3, -0.25) is 9.59 Å². The topological polar surface area (TPSA) is 59.1 Å². The number of hydrogen-bond donors (Lipinski definition) is 0. The van der Waals surface area contributed by atoms with Crippen molar-refractivity contribution in [2.75, 3.05) is 41.4 Å². The lowest BCUT2D eigenvalue weighted by Gasteiger charge is -2.21. The van der Waals surface area contributed by atoms with Crippen LogP contribution in [0.1, 0.15) is 22.3 Å². The minimum atomic E-state index is 0.0264. The van der Waals surface area contributed by atoms with Crippen LogP contribution < -0.4 is 9.47 Å². The summed E-state index contributed by atoms with van der Waals surface area (Å²) in [6.45, 7) is 1.26. The highest BCUT2D eigenvalue weighted by Crippen LogP contribution is 2.34. The van der Waals surface area contributed by atoms with Crippen molar-refractivity contribution in [1.29, 1.82) is 0 Å². The number of amides is 2. The minimum absolute atomic E-state index is 0.0264. The van der Waals surface area contributed by atoms with Crippen LogP contribution >= 0.6 is 0 Å². The summed E-state index contributed by atoms with van der Waals surface area (Å²) in [4.78, 5) is 30.2. The molecule has 4 aromatic rings. The Morgan fingerprint density at radius 1 is 0.571 bits per heavy atom. The number of hydrogen-bond acceptors (Lipinski definition) is 4. The molecule has 4 aromatic carbocycles. The molecule has 0 aliphatic heterocycles. The summed E-state index contributed by atoms with van der Waals surface area (Å²) >= 11 is 0. The number of rotatable bonds is 13. The SMILES string of the molecule is COc1ccc(CC(=O)N(C)CCc2ccccc2)c(-c2cc(OC)ccc2CC(=O)N(C)CCc2ccccc2)c1. The fourth-order valence-corrected chi connectivity index (χ4v) is 4.90. The molecule has 0 saturated heterocycles. The van der Waals surface area contributed by atoms with Crippen molar-refractivity contribution in [2.24, 2.45) is 0 Å². The first-order valence-electron chi connectivity index (χ1n) is 14.3. The third-order valence-corrected chi connectivity index (χ3v) is 7.62. The predicted molar refractivity (Wildman–Crippen MR) is 168 cm³/mol. The Morgan fingerprint density at radius 3 is 1.31 bits per heavy atom. The standard InChI is InChI=1S/C36H40N2O4/c1-37(21-19-27-11-7-5-8-12-27)35(39)23-29-15-17-31(41-3)25-33(29)34-26-32(42-4)18-16-30(34)24-36(40)38(2)22-20-28-13-9-6-10-14-28/h5-18,25-26H,19-24H2,1-4H3. The van der Waals surface area contributed by atoms with Crippen LogP contribution in [0.25, 0.3) is 11.1 Å².